The van der Waals surface area contributed by atoms with E-state index in [4.69, 9.17) is 9.47 Å². The highest BCUT2D eigenvalue weighted by atomic mass is 32.1. The number of halogens is 1. The number of rotatable bonds is 10. The Labute approximate surface area is 178 Å². The topological polar surface area (TPSA) is 64.6 Å². The highest BCUT2D eigenvalue weighted by molar-refractivity contribution is 7.17. The number of Topliss-reactive ketones (excluding diaryl/α,β-unsaturated/α-hetero) is 1. The van der Waals surface area contributed by atoms with E-state index in [9.17, 15) is 14.0 Å². The molecule has 0 saturated heterocycles. The Hall–Kier alpha value is -2.93. The maximum atomic E-state index is 13.8. The van der Waals surface area contributed by atoms with Gasteiger partial charge in [-0.05, 0) is 53.9 Å². The van der Waals surface area contributed by atoms with Gasteiger partial charge in [0.2, 0.25) is 5.91 Å². The van der Waals surface area contributed by atoms with Crippen LogP contribution < -0.4 is 14.8 Å². The van der Waals surface area contributed by atoms with Crippen molar-refractivity contribution in [1.82, 2.24) is 5.32 Å². The molecule has 1 heterocycles. The molecule has 0 saturated carbocycles. The summed E-state index contributed by atoms with van der Waals surface area (Å²) in [7, 11) is 1.52. The standard InChI is InChI=1S/C23H24FNO4S/c1-3-29-20-9-7-15(13-21(20)28-2)19(26)8-10-22(27)25-12-11-16-14-30-23-17(16)5-4-6-18(23)24/h4-7,9,13-14H,3,8,10-12H2,1-2H3,(H,25,27). The van der Waals surface area contributed by atoms with E-state index in [-0.39, 0.29) is 30.3 Å². The smallest absolute Gasteiger partial charge is 0.220 e. The van der Waals surface area contributed by atoms with Gasteiger partial charge in [0.05, 0.1) is 18.4 Å². The first kappa shape index (κ1) is 21.8. The Balaban J connectivity index is 1.48. The van der Waals surface area contributed by atoms with Crippen LogP contribution in [0.25, 0.3) is 10.1 Å². The molecule has 7 heteroatoms. The maximum absolute atomic E-state index is 13.8. The van der Waals surface area contributed by atoms with Crippen molar-refractivity contribution >= 4 is 33.1 Å². The number of hydrogen-bond donors (Lipinski definition) is 1. The predicted octanol–water partition coefficient (Wildman–Crippen LogP) is 4.77. The van der Waals surface area contributed by atoms with Gasteiger partial charge in [-0.25, -0.2) is 4.39 Å². The first-order valence-electron chi connectivity index (χ1n) is 9.78. The largest absolute Gasteiger partial charge is 0.493 e. The van der Waals surface area contributed by atoms with Crippen molar-refractivity contribution in [2.45, 2.75) is 26.2 Å². The number of nitrogens with one attached hydrogen (secondary N) is 1. The average molecular weight is 430 g/mol. The second-order valence-corrected chi connectivity index (χ2v) is 7.58. The van der Waals surface area contributed by atoms with E-state index in [0.29, 0.717) is 41.3 Å². The van der Waals surface area contributed by atoms with Gasteiger partial charge >= 0.3 is 0 Å². The van der Waals surface area contributed by atoms with Crippen LogP contribution in [0, 0.1) is 5.82 Å². The first-order valence-corrected chi connectivity index (χ1v) is 10.7. The van der Waals surface area contributed by atoms with Crippen molar-refractivity contribution < 1.29 is 23.5 Å². The monoisotopic (exact) mass is 429 g/mol. The van der Waals surface area contributed by atoms with Crippen LogP contribution in [0.2, 0.25) is 0 Å². The van der Waals surface area contributed by atoms with Crippen molar-refractivity contribution in [3.8, 4) is 11.5 Å². The molecule has 1 N–H and O–H groups in total. The number of fused-ring (bicyclic) bond motifs is 1. The van der Waals surface area contributed by atoms with E-state index >= 15 is 0 Å². The normalized spacial score (nSPS) is 10.8. The second-order valence-electron chi connectivity index (χ2n) is 6.70. The zero-order valence-electron chi connectivity index (χ0n) is 17.0. The molecule has 3 rings (SSSR count). The van der Waals surface area contributed by atoms with Gasteiger partial charge in [-0.3, -0.25) is 9.59 Å². The number of hydrogen-bond acceptors (Lipinski definition) is 5. The summed E-state index contributed by atoms with van der Waals surface area (Å²) < 4.78 is 25.1. The third-order valence-corrected chi connectivity index (χ3v) is 5.77. The Morgan fingerprint density at radius 2 is 1.97 bits per heavy atom. The van der Waals surface area contributed by atoms with Crippen molar-refractivity contribution in [2.24, 2.45) is 0 Å². The summed E-state index contributed by atoms with van der Waals surface area (Å²) in [4.78, 5) is 24.5. The molecule has 158 valence electrons. The van der Waals surface area contributed by atoms with Gasteiger partial charge in [-0.1, -0.05) is 12.1 Å². The van der Waals surface area contributed by atoms with E-state index in [1.54, 1.807) is 24.3 Å². The molecule has 0 aliphatic heterocycles. The van der Waals surface area contributed by atoms with Crippen LogP contribution in [-0.4, -0.2) is 32.0 Å². The minimum Gasteiger partial charge on any atom is -0.493 e. The molecule has 0 radical (unpaired) electrons. The Morgan fingerprint density at radius 1 is 1.13 bits per heavy atom. The number of ether oxygens (including phenoxy) is 2. The number of thiophene rings is 1. The molecule has 0 spiro atoms. The van der Waals surface area contributed by atoms with Crippen LogP contribution in [0.5, 0.6) is 11.5 Å². The molecule has 0 unspecified atom stereocenters. The fourth-order valence-corrected chi connectivity index (χ4v) is 4.19. The Kier molecular flexibility index (Phi) is 7.41. The van der Waals surface area contributed by atoms with Gasteiger partial charge in [-0.2, -0.15) is 0 Å². The van der Waals surface area contributed by atoms with Gasteiger partial charge in [0.15, 0.2) is 17.3 Å². The summed E-state index contributed by atoms with van der Waals surface area (Å²) in [5, 5.41) is 5.63. The third-order valence-electron chi connectivity index (χ3n) is 4.71. The first-order chi connectivity index (χ1) is 14.5. The van der Waals surface area contributed by atoms with Gasteiger partial charge < -0.3 is 14.8 Å². The Morgan fingerprint density at radius 3 is 2.73 bits per heavy atom. The predicted molar refractivity (Wildman–Crippen MR) is 116 cm³/mol. The fraction of sp³-hybridized carbons (Fsp3) is 0.304. The third kappa shape index (κ3) is 5.16. The number of amides is 1. The zero-order chi connectivity index (χ0) is 21.5. The van der Waals surface area contributed by atoms with Crippen molar-refractivity contribution in [1.29, 1.82) is 0 Å². The van der Waals surface area contributed by atoms with E-state index in [0.717, 1.165) is 10.9 Å². The quantitative estimate of drug-likeness (QED) is 0.472. The maximum Gasteiger partial charge on any atom is 0.220 e. The fourth-order valence-electron chi connectivity index (χ4n) is 3.18. The number of benzene rings is 2. The van der Waals surface area contributed by atoms with E-state index in [2.05, 4.69) is 5.32 Å². The van der Waals surface area contributed by atoms with E-state index < -0.39 is 0 Å². The number of carbonyl (C=O) groups excluding carboxylic acids is 2. The molecule has 0 atom stereocenters. The molecule has 30 heavy (non-hydrogen) atoms. The van der Waals surface area contributed by atoms with Crippen LogP contribution in [0.3, 0.4) is 0 Å². The highest BCUT2D eigenvalue weighted by Gasteiger charge is 2.13. The minimum absolute atomic E-state index is 0.105. The summed E-state index contributed by atoms with van der Waals surface area (Å²) in [5.74, 6) is 0.525. The number of methoxy groups -OCH3 is 1. The van der Waals surface area contributed by atoms with Crippen molar-refractivity contribution in [3.05, 3.63) is 58.7 Å². The van der Waals surface area contributed by atoms with Gasteiger partial charge in [0.25, 0.3) is 0 Å². The number of carbonyl (C=O) groups is 2. The average Bonchev–Trinajstić information content (AvgIpc) is 3.17. The lowest BCUT2D eigenvalue weighted by atomic mass is 10.1. The van der Waals surface area contributed by atoms with Crippen LogP contribution in [0.4, 0.5) is 4.39 Å². The molecule has 0 aliphatic rings. The molecule has 2 aromatic carbocycles. The molecule has 5 nitrogen and oxygen atoms in total. The lowest BCUT2D eigenvalue weighted by Gasteiger charge is -2.10. The van der Waals surface area contributed by atoms with Crippen LogP contribution in [0.15, 0.2) is 41.8 Å². The molecular weight excluding hydrogens is 405 g/mol. The summed E-state index contributed by atoms with van der Waals surface area (Å²) in [5.41, 5.74) is 1.49. The summed E-state index contributed by atoms with van der Waals surface area (Å²) in [6.07, 6.45) is 0.822. The van der Waals surface area contributed by atoms with Crippen LogP contribution in [0.1, 0.15) is 35.7 Å². The number of ketones is 1. The van der Waals surface area contributed by atoms with Gasteiger partial charge in [0.1, 0.15) is 5.82 Å². The minimum atomic E-state index is -0.225. The second kappa shape index (κ2) is 10.2. The van der Waals surface area contributed by atoms with Gasteiger partial charge in [0, 0.05) is 24.9 Å². The molecule has 0 bridgehead atoms. The molecule has 1 aromatic heterocycles. The van der Waals surface area contributed by atoms with Crippen molar-refractivity contribution in [2.75, 3.05) is 20.3 Å². The van der Waals surface area contributed by atoms with E-state index in [1.165, 1.54) is 24.5 Å². The lowest BCUT2D eigenvalue weighted by molar-refractivity contribution is -0.121. The summed E-state index contributed by atoms with van der Waals surface area (Å²) >= 11 is 1.37. The molecule has 1 amide bonds. The Bertz CT molecular complexity index is 1050. The summed E-state index contributed by atoms with van der Waals surface area (Å²) in [6, 6.07) is 10.0. The van der Waals surface area contributed by atoms with E-state index in [1.807, 2.05) is 18.4 Å². The van der Waals surface area contributed by atoms with Crippen molar-refractivity contribution in [3.63, 3.8) is 0 Å². The van der Waals surface area contributed by atoms with Crippen LogP contribution in [-0.2, 0) is 11.2 Å². The SMILES string of the molecule is CCOc1ccc(C(=O)CCC(=O)NCCc2csc3c(F)cccc23)cc1OC. The molecule has 0 aliphatic carbocycles. The zero-order valence-corrected chi connectivity index (χ0v) is 17.8. The lowest BCUT2D eigenvalue weighted by Crippen LogP contribution is -2.26. The highest BCUT2D eigenvalue weighted by Crippen LogP contribution is 2.29. The molecule has 0 fully saturated rings. The van der Waals surface area contributed by atoms with Gasteiger partial charge in [-0.15, -0.1) is 11.3 Å². The van der Waals surface area contributed by atoms with Crippen LogP contribution >= 0.6 is 11.3 Å². The molecular formula is C23H24FNO4S. The summed E-state index contributed by atoms with van der Waals surface area (Å²) in [6.45, 7) is 2.81. The molecule has 3 aromatic rings.